The first-order chi connectivity index (χ1) is 13.1. The van der Waals surface area contributed by atoms with Crippen molar-refractivity contribution in [1.82, 2.24) is 5.32 Å². The first-order valence-corrected chi connectivity index (χ1v) is 10.4. The van der Waals surface area contributed by atoms with Crippen LogP contribution in [0.15, 0.2) is 53.4 Å². The molecule has 1 N–H and O–H groups in total. The van der Waals surface area contributed by atoms with Gasteiger partial charge in [-0.25, -0.2) is 8.42 Å². The van der Waals surface area contributed by atoms with Crippen LogP contribution in [0.5, 0.6) is 0 Å². The van der Waals surface area contributed by atoms with Crippen molar-refractivity contribution < 1.29 is 26.4 Å². The summed E-state index contributed by atoms with van der Waals surface area (Å²) in [5, 5.41) is 2.46. The lowest BCUT2D eigenvalue weighted by molar-refractivity contribution is -0.137. The predicted octanol–water partition coefficient (Wildman–Crippen LogP) is 4.34. The molecule has 0 bridgehead atoms. The SMILES string of the molecule is O=C(NC[C@H]1C[C@H](S(=O)(=O)c2cccc(Cl)c2)C1)c1ccc(C(F)(F)F)cc1. The monoisotopic (exact) mass is 431 g/mol. The summed E-state index contributed by atoms with van der Waals surface area (Å²) in [5.41, 5.74) is -0.701. The molecule has 0 unspecified atom stereocenters. The molecule has 4 nitrogen and oxygen atoms in total. The number of carbonyl (C=O) groups excluding carboxylic acids is 1. The average molecular weight is 432 g/mol. The molecule has 1 amide bonds. The maximum atomic E-state index is 12.5. The van der Waals surface area contributed by atoms with E-state index < -0.39 is 32.7 Å². The van der Waals surface area contributed by atoms with Gasteiger partial charge in [-0.15, -0.1) is 0 Å². The van der Waals surface area contributed by atoms with Crippen molar-refractivity contribution in [1.29, 1.82) is 0 Å². The minimum Gasteiger partial charge on any atom is -0.352 e. The van der Waals surface area contributed by atoms with Crippen LogP contribution in [-0.2, 0) is 16.0 Å². The standard InChI is InChI=1S/C19H17ClF3NO3S/c20-15-2-1-3-16(10-15)28(26,27)17-8-12(9-17)11-24-18(25)13-4-6-14(7-5-13)19(21,22)23/h1-7,10,12,17H,8-9,11H2,(H,24,25)/t12-,17-. The van der Waals surface area contributed by atoms with Crippen LogP contribution in [0.1, 0.15) is 28.8 Å². The van der Waals surface area contributed by atoms with Crippen LogP contribution in [0.4, 0.5) is 13.2 Å². The van der Waals surface area contributed by atoms with E-state index in [1.54, 1.807) is 12.1 Å². The summed E-state index contributed by atoms with van der Waals surface area (Å²) in [5.74, 6) is -0.493. The predicted molar refractivity (Wildman–Crippen MR) is 98.9 cm³/mol. The summed E-state index contributed by atoms with van der Waals surface area (Å²) in [6.07, 6.45) is -3.64. The van der Waals surface area contributed by atoms with Crippen molar-refractivity contribution in [3.8, 4) is 0 Å². The quantitative estimate of drug-likeness (QED) is 0.766. The van der Waals surface area contributed by atoms with E-state index in [1.165, 1.54) is 12.1 Å². The molecule has 0 atom stereocenters. The molecular weight excluding hydrogens is 415 g/mol. The first kappa shape index (κ1) is 20.7. The molecule has 150 valence electrons. The summed E-state index contributed by atoms with van der Waals surface area (Å²) in [7, 11) is -3.47. The molecule has 1 aliphatic carbocycles. The second-order valence-corrected chi connectivity index (χ2v) is 9.41. The number of carbonyl (C=O) groups is 1. The fourth-order valence-corrected chi connectivity index (χ4v) is 5.33. The van der Waals surface area contributed by atoms with Gasteiger partial charge in [0.25, 0.3) is 5.91 Å². The van der Waals surface area contributed by atoms with Crippen LogP contribution in [-0.4, -0.2) is 26.1 Å². The molecule has 3 rings (SSSR count). The number of sulfone groups is 1. The van der Waals surface area contributed by atoms with Gasteiger partial charge in [-0.1, -0.05) is 17.7 Å². The Balaban J connectivity index is 1.52. The lowest BCUT2D eigenvalue weighted by Crippen LogP contribution is -2.42. The van der Waals surface area contributed by atoms with E-state index in [-0.39, 0.29) is 22.9 Å². The third-order valence-electron chi connectivity index (χ3n) is 4.78. The van der Waals surface area contributed by atoms with Gasteiger partial charge in [0.05, 0.1) is 15.7 Å². The second kappa shape index (κ2) is 7.75. The van der Waals surface area contributed by atoms with Crippen molar-refractivity contribution >= 4 is 27.3 Å². The van der Waals surface area contributed by atoms with Gasteiger partial charge in [0.2, 0.25) is 0 Å². The fraction of sp³-hybridized carbons (Fsp3) is 0.316. The maximum Gasteiger partial charge on any atom is 0.416 e. The number of benzene rings is 2. The van der Waals surface area contributed by atoms with Gasteiger partial charge in [-0.2, -0.15) is 13.2 Å². The zero-order chi connectivity index (χ0) is 20.5. The van der Waals surface area contributed by atoms with Crippen LogP contribution >= 0.6 is 11.6 Å². The van der Waals surface area contributed by atoms with E-state index in [9.17, 15) is 26.4 Å². The van der Waals surface area contributed by atoms with Crippen LogP contribution in [0.3, 0.4) is 0 Å². The van der Waals surface area contributed by atoms with Gasteiger partial charge >= 0.3 is 6.18 Å². The van der Waals surface area contributed by atoms with Crippen molar-refractivity contribution in [3.63, 3.8) is 0 Å². The molecule has 0 radical (unpaired) electrons. The third kappa shape index (κ3) is 4.50. The van der Waals surface area contributed by atoms with Crippen molar-refractivity contribution in [2.45, 2.75) is 29.2 Å². The van der Waals surface area contributed by atoms with Crippen molar-refractivity contribution in [3.05, 3.63) is 64.7 Å². The average Bonchev–Trinajstić information content (AvgIpc) is 2.59. The molecule has 2 aromatic carbocycles. The number of amides is 1. The molecule has 1 fully saturated rings. The van der Waals surface area contributed by atoms with Gasteiger partial charge in [-0.3, -0.25) is 4.79 Å². The van der Waals surface area contributed by atoms with Crippen LogP contribution in [0.2, 0.25) is 5.02 Å². The van der Waals surface area contributed by atoms with Gasteiger partial charge in [0.1, 0.15) is 0 Å². The molecule has 0 aromatic heterocycles. The van der Waals surface area contributed by atoms with E-state index in [1.807, 2.05) is 0 Å². The Labute approximate surface area is 165 Å². The van der Waals surface area contributed by atoms with E-state index in [2.05, 4.69) is 5.32 Å². The van der Waals surface area contributed by atoms with Crippen molar-refractivity contribution in [2.75, 3.05) is 6.54 Å². The minimum absolute atomic E-state index is 0.00245. The highest BCUT2D eigenvalue weighted by Gasteiger charge is 2.39. The lowest BCUT2D eigenvalue weighted by atomic mass is 9.84. The molecular formula is C19H17ClF3NO3S. The van der Waals surface area contributed by atoms with Gasteiger partial charge < -0.3 is 5.32 Å². The van der Waals surface area contributed by atoms with Crippen LogP contribution in [0.25, 0.3) is 0 Å². The summed E-state index contributed by atoms with van der Waals surface area (Å²) in [6, 6.07) is 10.0. The van der Waals surface area contributed by atoms with Crippen LogP contribution < -0.4 is 5.32 Å². The Kier molecular flexibility index (Phi) is 5.72. The lowest BCUT2D eigenvalue weighted by Gasteiger charge is -2.34. The summed E-state index contributed by atoms with van der Waals surface area (Å²) in [4.78, 5) is 12.2. The summed E-state index contributed by atoms with van der Waals surface area (Å²) >= 11 is 5.85. The zero-order valence-corrected chi connectivity index (χ0v) is 16.1. The first-order valence-electron chi connectivity index (χ1n) is 8.52. The largest absolute Gasteiger partial charge is 0.416 e. The smallest absolute Gasteiger partial charge is 0.352 e. The van der Waals surface area contributed by atoms with E-state index in [4.69, 9.17) is 11.6 Å². The molecule has 9 heteroatoms. The highest BCUT2D eigenvalue weighted by atomic mass is 35.5. The van der Waals surface area contributed by atoms with Gasteiger partial charge in [0, 0.05) is 17.1 Å². The van der Waals surface area contributed by atoms with Crippen LogP contribution in [0, 0.1) is 5.92 Å². The third-order valence-corrected chi connectivity index (χ3v) is 7.19. The Morgan fingerprint density at radius 3 is 2.32 bits per heavy atom. The Bertz CT molecular complexity index is 969. The molecule has 28 heavy (non-hydrogen) atoms. The number of rotatable bonds is 5. The molecule has 0 aliphatic heterocycles. The highest BCUT2D eigenvalue weighted by Crippen LogP contribution is 2.36. The number of hydrogen-bond acceptors (Lipinski definition) is 3. The summed E-state index contributed by atoms with van der Waals surface area (Å²) in [6.45, 7) is 0.265. The molecule has 2 aromatic rings. The molecule has 1 aliphatic rings. The zero-order valence-electron chi connectivity index (χ0n) is 14.5. The Hall–Kier alpha value is -2.06. The van der Waals surface area contributed by atoms with E-state index >= 15 is 0 Å². The van der Waals surface area contributed by atoms with Crippen molar-refractivity contribution in [2.24, 2.45) is 5.92 Å². The number of hydrogen-bond donors (Lipinski definition) is 1. The number of alkyl halides is 3. The number of halogens is 4. The maximum absolute atomic E-state index is 12.5. The van der Waals surface area contributed by atoms with Gasteiger partial charge in [-0.05, 0) is 61.2 Å². The fourth-order valence-electron chi connectivity index (χ4n) is 3.08. The minimum atomic E-state index is -4.45. The second-order valence-electron chi connectivity index (χ2n) is 6.75. The Morgan fingerprint density at radius 1 is 1.11 bits per heavy atom. The molecule has 0 spiro atoms. The number of nitrogens with one attached hydrogen (secondary N) is 1. The topological polar surface area (TPSA) is 63.2 Å². The highest BCUT2D eigenvalue weighted by molar-refractivity contribution is 7.92. The van der Waals surface area contributed by atoms with E-state index in [0.717, 1.165) is 24.3 Å². The molecule has 0 saturated heterocycles. The Morgan fingerprint density at radius 2 is 1.75 bits per heavy atom. The summed E-state index contributed by atoms with van der Waals surface area (Å²) < 4.78 is 62.7. The van der Waals surface area contributed by atoms with E-state index in [0.29, 0.717) is 17.9 Å². The molecule has 1 saturated carbocycles. The molecule has 0 heterocycles. The normalized spacial score (nSPS) is 19.7. The van der Waals surface area contributed by atoms with Gasteiger partial charge in [0.15, 0.2) is 9.84 Å².